The molecule has 0 saturated carbocycles. The molecule has 0 bridgehead atoms. The van der Waals surface area contributed by atoms with Crippen LogP contribution in [-0.4, -0.2) is 39.2 Å². The molecule has 6 heteroatoms. The van der Waals surface area contributed by atoms with Crippen LogP contribution in [0.3, 0.4) is 0 Å². The number of hydrogen-bond donors (Lipinski definition) is 0. The lowest BCUT2D eigenvalue weighted by molar-refractivity contribution is -0.132. The number of nitrogens with zero attached hydrogens (tertiary/aromatic N) is 4. The van der Waals surface area contributed by atoms with Gasteiger partial charge in [-0.25, -0.2) is 0 Å². The van der Waals surface area contributed by atoms with Gasteiger partial charge in [0.2, 0.25) is 5.91 Å². The van der Waals surface area contributed by atoms with Crippen LogP contribution < -0.4 is 4.74 Å². The van der Waals surface area contributed by atoms with Crippen molar-refractivity contribution in [3.63, 3.8) is 0 Å². The van der Waals surface area contributed by atoms with Crippen LogP contribution in [-0.2, 0) is 18.3 Å². The lowest BCUT2D eigenvalue weighted by atomic mass is 10.1. The average Bonchev–Trinajstić information content (AvgIpc) is 3.42. The number of aromatic nitrogens is 3. The van der Waals surface area contributed by atoms with Gasteiger partial charge in [0, 0.05) is 43.5 Å². The highest BCUT2D eigenvalue weighted by molar-refractivity contribution is 5.77. The van der Waals surface area contributed by atoms with Gasteiger partial charge in [-0.1, -0.05) is 18.2 Å². The van der Waals surface area contributed by atoms with E-state index in [1.807, 2.05) is 60.9 Å². The van der Waals surface area contributed by atoms with Crippen LogP contribution in [0.5, 0.6) is 5.75 Å². The van der Waals surface area contributed by atoms with E-state index in [4.69, 9.17) is 4.74 Å². The Morgan fingerprint density at radius 3 is 2.62 bits per heavy atom. The van der Waals surface area contributed by atoms with Gasteiger partial charge in [-0.15, -0.1) is 0 Å². The molecule has 1 atom stereocenters. The zero-order chi connectivity index (χ0) is 20.2. The van der Waals surface area contributed by atoms with Crippen molar-refractivity contribution in [3.8, 4) is 16.9 Å². The minimum absolute atomic E-state index is 0.0707. The van der Waals surface area contributed by atoms with E-state index in [1.54, 1.807) is 11.8 Å². The normalized spacial score (nSPS) is 16.2. The summed E-state index contributed by atoms with van der Waals surface area (Å²) in [5.41, 5.74) is 4.20. The zero-order valence-corrected chi connectivity index (χ0v) is 16.9. The van der Waals surface area contributed by atoms with Crippen LogP contribution in [0.1, 0.15) is 36.6 Å². The first-order valence-corrected chi connectivity index (χ1v) is 10.0. The Balaban J connectivity index is 1.40. The second-order valence-corrected chi connectivity index (χ2v) is 7.47. The minimum atomic E-state index is 0.0707. The fourth-order valence-electron chi connectivity index (χ4n) is 3.90. The monoisotopic (exact) mass is 390 g/mol. The lowest BCUT2D eigenvalue weighted by Crippen LogP contribution is -2.31. The smallest absolute Gasteiger partial charge is 0.223 e. The molecular weight excluding hydrogens is 364 g/mol. The first kappa shape index (κ1) is 19.2. The molecule has 1 aromatic carbocycles. The maximum atomic E-state index is 12.9. The molecule has 0 spiro atoms. The van der Waals surface area contributed by atoms with Crippen molar-refractivity contribution < 1.29 is 9.53 Å². The number of methoxy groups -OCH3 is 1. The number of likely N-dealkylation sites (tertiary alicyclic amines) is 1. The van der Waals surface area contributed by atoms with Gasteiger partial charge in [-0.3, -0.25) is 14.5 Å². The minimum Gasteiger partial charge on any atom is -0.497 e. The van der Waals surface area contributed by atoms with E-state index in [0.717, 1.165) is 53.9 Å². The highest BCUT2D eigenvalue weighted by Crippen LogP contribution is 2.32. The van der Waals surface area contributed by atoms with Crippen molar-refractivity contribution in [2.45, 2.75) is 31.7 Å². The van der Waals surface area contributed by atoms with Crippen LogP contribution in [0.25, 0.3) is 11.1 Å². The second-order valence-electron chi connectivity index (χ2n) is 7.47. The number of carbonyl (C=O) groups is 1. The summed E-state index contributed by atoms with van der Waals surface area (Å²) in [6.07, 6.45) is 8.92. The molecule has 4 rings (SSSR count). The summed E-state index contributed by atoms with van der Waals surface area (Å²) in [5.74, 6) is 1.03. The summed E-state index contributed by atoms with van der Waals surface area (Å²) in [7, 11) is 3.56. The molecule has 2 aromatic heterocycles. The second kappa shape index (κ2) is 8.47. The number of hydrogen-bond acceptors (Lipinski definition) is 4. The molecule has 1 aliphatic rings. The quantitative estimate of drug-likeness (QED) is 0.643. The molecule has 3 aromatic rings. The first-order valence-electron chi connectivity index (χ1n) is 10.0. The topological polar surface area (TPSA) is 60.2 Å². The summed E-state index contributed by atoms with van der Waals surface area (Å²) < 4.78 is 6.97. The van der Waals surface area contributed by atoms with Gasteiger partial charge in [0.1, 0.15) is 5.75 Å². The van der Waals surface area contributed by atoms with E-state index in [0.29, 0.717) is 6.42 Å². The van der Waals surface area contributed by atoms with Crippen molar-refractivity contribution in [1.82, 2.24) is 19.7 Å². The molecular formula is C23H26N4O2. The Morgan fingerprint density at radius 2 is 1.97 bits per heavy atom. The van der Waals surface area contributed by atoms with Crippen LogP contribution in [0.4, 0.5) is 0 Å². The summed E-state index contributed by atoms with van der Waals surface area (Å²) in [6.45, 7) is 0.804. The number of benzene rings is 1. The highest BCUT2D eigenvalue weighted by Gasteiger charge is 2.30. The average molecular weight is 390 g/mol. The number of pyridine rings is 1. The van der Waals surface area contributed by atoms with E-state index in [-0.39, 0.29) is 11.9 Å². The van der Waals surface area contributed by atoms with Gasteiger partial charge >= 0.3 is 0 Å². The van der Waals surface area contributed by atoms with E-state index in [9.17, 15) is 4.79 Å². The van der Waals surface area contributed by atoms with Crippen molar-refractivity contribution in [2.75, 3.05) is 13.7 Å². The van der Waals surface area contributed by atoms with Crippen molar-refractivity contribution >= 4 is 5.91 Å². The third kappa shape index (κ3) is 4.31. The Bertz CT molecular complexity index is 963. The number of amides is 1. The first-order chi connectivity index (χ1) is 14.1. The molecule has 1 aliphatic heterocycles. The van der Waals surface area contributed by atoms with E-state index >= 15 is 0 Å². The molecule has 1 fully saturated rings. The molecule has 150 valence electrons. The van der Waals surface area contributed by atoms with Crippen LogP contribution in [0.15, 0.2) is 55.0 Å². The Labute approximate surface area is 171 Å². The third-order valence-electron chi connectivity index (χ3n) is 5.53. The van der Waals surface area contributed by atoms with Gasteiger partial charge in [0.15, 0.2) is 0 Å². The predicted octanol–water partition coefficient (Wildman–Crippen LogP) is 3.79. The lowest BCUT2D eigenvalue weighted by Gasteiger charge is -2.24. The number of ether oxygens (including phenoxy) is 1. The number of aryl methyl sites for hydroxylation is 2. The Morgan fingerprint density at radius 1 is 1.14 bits per heavy atom. The standard InChI is InChI=1S/C23H26N4O2/c1-26-16-19(15-25-26)18-8-11-21(24-14-18)22-4-3-13-27(22)23(28)12-7-17-5-9-20(29-2)10-6-17/h5-6,8-11,14-16,22H,3-4,7,12-13H2,1-2H3. The molecule has 0 aliphatic carbocycles. The van der Waals surface area contributed by atoms with Crippen LogP contribution >= 0.6 is 0 Å². The maximum Gasteiger partial charge on any atom is 0.223 e. The summed E-state index contributed by atoms with van der Waals surface area (Å²) in [5, 5.41) is 4.21. The number of rotatable bonds is 6. The molecule has 1 unspecified atom stereocenters. The van der Waals surface area contributed by atoms with Crippen molar-refractivity contribution in [3.05, 3.63) is 66.2 Å². The number of carbonyl (C=O) groups excluding carboxylic acids is 1. The van der Waals surface area contributed by atoms with Crippen LogP contribution in [0, 0.1) is 0 Å². The maximum absolute atomic E-state index is 12.9. The summed E-state index contributed by atoms with van der Waals surface area (Å²) in [6, 6.07) is 12.1. The van der Waals surface area contributed by atoms with Crippen LogP contribution in [0.2, 0.25) is 0 Å². The zero-order valence-electron chi connectivity index (χ0n) is 16.9. The van der Waals surface area contributed by atoms with Gasteiger partial charge in [0.25, 0.3) is 0 Å². The van der Waals surface area contributed by atoms with E-state index < -0.39 is 0 Å². The molecule has 29 heavy (non-hydrogen) atoms. The van der Waals surface area contributed by atoms with Gasteiger partial charge in [0.05, 0.1) is 25.0 Å². The summed E-state index contributed by atoms with van der Waals surface area (Å²) in [4.78, 5) is 19.5. The molecule has 1 saturated heterocycles. The SMILES string of the molecule is COc1ccc(CCC(=O)N2CCCC2c2ccc(-c3cnn(C)c3)cn2)cc1. The predicted molar refractivity (Wildman–Crippen MR) is 111 cm³/mol. The summed E-state index contributed by atoms with van der Waals surface area (Å²) >= 11 is 0. The van der Waals surface area contributed by atoms with E-state index in [1.165, 1.54) is 0 Å². The van der Waals surface area contributed by atoms with E-state index in [2.05, 4.69) is 16.1 Å². The molecule has 3 heterocycles. The molecule has 1 amide bonds. The van der Waals surface area contributed by atoms with Gasteiger partial charge in [-0.05, 0) is 43.0 Å². The van der Waals surface area contributed by atoms with Crippen molar-refractivity contribution in [1.29, 1.82) is 0 Å². The molecule has 6 nitrogen and oxygen atoms in total. The Hall–Kier alpha value is -3.15. The Kier molecular flexibility index (Phi) is 5.60. The van der Waals surface area contributed by atoms with Gasteiger partial charge < -0.3 is 9.64 Å². The van der Waals surface area contributed by atoms with Gasteiger partial charge in [-0.2, -0.15) is 5.10 Å². The largest absolute Gasteiger partial charge is 0.497 e. The highest BCUT2D eigenvalue weighted by atomic mass is 16.5. The molecule has 0 radical (unpaired) electrons. The fraction of sp³-hybridized carbons (Fsp3) is 0.348. The third-order valence-corrected chi connectivity index (χ3v) is 5.53. The molecule has 0 N–H and O–H groups in total. The fourth-order valence-corrected chi connectivity index (χ4v) is 3.90. The van der Waals surface area contributed by atoms with Crippen molar-refractivity contribution in [2.24, 2.45) is 7.05 Å².